The van der Waals surface area contributed by atoms with Gasteiger partial charge in [0.05, 0.1) is 0 Å². The molecule has 0 unspecified atom stereocenters. The molecule has 0 radical (unpaired) electrons. The van der Waals surface area contributed by atoms with Gasteiger partial charge in [-0.25, -0.2) is 0 Å². The molecule has 2 amide bonds. The van der Waals surface area contributed by atoms with Gasteiger partial charge in [0.1, 0.15) is 6.61 Å². The van der Waals surface area contributed by atoms with Crippen LogP contribution in [0.15, 0.2) is 0 Å². The molecule has 0 aromatic heterocycles. The number of piperazine rings is 1. The molecule has 0 saturated carbocycles. The molecule has 0 spiro atoms. The summed E-state index contributed by atoms with van der Waals surface area (Å²) in [5, 5.41) is 0. The van der Waals surface area contributed by atoms with Crippen LogP contribution in [0.25, 0.3) is 0 Å². The Morgan fingerprint density at radius 3 is 2.00 bits per heavy atom. The molecule has 1 aliphatic heterocycles. The highest BCUT2D eigenvalue weighted by Crippen LogP contribution is 2.18. The van der Waals surface area contributed by atoms with Crippen molar-refractivity contribution in [3.8, 4) is 0 Å². The summed E-state index contributed by atoms with van der Waals surface area (Å²) in [6.45, 7) is 10.8. The van der Waals surface area contributed by atoms with Crippen LogP contribution in [-0.4, -0.2) is 61.0 Å². The zero-order valence-corrected chi connectivity index (χ0v) is 11.9. The second-order valence-electron chi connectivity index (χ2n) is 5.56. The smallest absolute Gasteiger partial charge is 0.248 e. The molecule has 0 aromatic carbocycles. The Balaban J connectivity index is 2.41. The molecule has 1 rings (SSSR count). The number of hydrogen-bond donors (Lipinski definition) is 0. The highest BCUT2D eigenvalue weighted by Gasteiger charge is 2.30. The fourth-order valence-electron chi connectivity index (χ4n) is 1.91. The van der Waals surface area contributed by atoms with Crippen molar-refractivity contribution in [1.82, 2.24) is 9.80 Å². The molecule has 0 aromatic rings. The standard InChI is InChI=1S/C13H24N2O3/c1-5-18-10-11(16)14-6-8-15(9-7-14)12(17)13(2,3)4/h5-10H2,1-4H3. The van der Waals surface area contributed by atoms with Crippen LogP contribution in [0, 0.1) is 5.41 Å². The molecule has 104 valence electrons. The van der Waals surface area contributed by atoms with E-state index in [1.165, 1.54) is 0 Å². The largest absolute Gasteiger partial charge is 0.372 e. The van der Waals surface area contributed by atoms with Gasteiger partial charge in [-0.05, 0) is 6.92 Å². The van der Waals surface area contributed by atoms with Gasteiger partial charge in [-0.15, -0.1) is 0 Å². The number of carbonyl (C=O) groups is 2. The van der Waals surface area contributed by atoms with Gasteiger partial charge in [0.2, 0.25) is 11.8 Å². The summed E-state index contributed by atoms with van der Waals surface area (Å²) in [5.41, 5.74) is -0.350. The summed E-state index contributed by atoms with van der Waals surface area (Å²) in [4.78, 5) is 27.4. The number of nitrogens with zero attached hydrogens (tertiary/aromatic N) is 2. The lowest BCUT2D eigenvalue weighted by atomic mass is 9.94. The van der Waals surface area contributed by atoms with Crippen LogP contribution in [0.2, 0.25) is 0 Å². The van der Waals surface area contributed by atoms with Gasteiger partial charge >= 0.3 is 0 Å². The topological polar surface area (TPSA) is 49.9 Å². The molecular weight excluding hydrogens is 232 g/mol. The van der Waals surface area contributed by atoms with Crippen molar-refractivity contribution in [2.75, 3.05) is 39.4 Å². The van der Waals surface area contributed by atoms with E-state index in [0.29, 0.717) is 32.8 Å². The van der Waals surface area contributed by atoms with E-state index in [4.69, 9.17) is 4.74 Å². The Hall–Kier alpha value is -1.10. The third kappa shape index (κ3) is 3.98. The van der Waals surface area contributed by atoms with Crippen molar-refractivity contribution in [1.29, 1.82) is 0 Å². The lowest BCUT2D eigenvalue weighted by molar-refractivity contribution is -0.146. The quantitative estimate of drug-likeness (QED) is 0.748. The van der Waals surface area contributed by atoms with Crippen LogP contribution in [0.4, 0.5) is 0 Å². The minimum absolute atomic E-state index is 0.0136. The maximum Gasteiger partial charge on any atom is 0.248 e. The summed E-state index contributed by atoms with van der Waals surface area (Å²) in [6.07, 6.45) is 0. The third-order valence-electron chi connectivity index (χ3n) is 2.99. The minimum atomic E-state index is -0.350. The molecule has 18 heavy (non-hydrogen) atoms. The molecule has 1 fully saturated rings. The van der Waals surface area contributed by atoms with Crippen molar-refractivity contribution >= 4 is 11.8 Å². The number of carbonyl (C=O) groups excluding carboxylic acids is 2. The molecule has 1 aliphatic rings. The number of rotatable bonds is 3. The van der Waals surface area contributed by atoms with Gasteiger partial charge < -0.3 is 14.5 Å². The number of amides is 2. The monoisotopic (exact) mass is 256 g/mol. The van der Waals surface area contributed by atoms with E-state index in [-0.39, 0.29) is 23.8 Å². The van der Waals surface area contributed by atoms with E-state index in [0.717, 1.165) is 0 Å². The van der Waals surface area contributed by atoms with Crippen molar-refractivity contribution in [3.63, 3.8) is 0 Å². The second-order valence-corrected chi connectivity index (χ2v) is 5.56. The van der Waals surface area contributed by atoms with Crippen LogP contribution in [0.5, 0.6) is 0 Å². The molecule has 5 nitrogen and oxygen atoms in total. The second kappa shape index (κ2) is 6.18. The molecular formula is C13H24N2O3. The average Bonchev–Trinajstić information content (AvgIpc) is 2.34. The first-order valence-corrected chi connectivity index (χ1v) is 6.51. The van der Waals surface area contributed by atoms with E-state index >= 15 is 0 Å². The first kappa shape index (κ1) is 15.0. The Morgan fingerprint density at radius 2 is 1.56 bits per heavy atom. The molecule has 0 N–H and O–H groups in total. The first-order valence-electron chi connectivity index (χ1n) is 6.51. The van der Waals surface area contributed by atoms with Gasteiger partial charge in [-0.3, -0.25) is 9.59 Å². The predicted octanol–water partition coefficient (Wildman–Crippen LogP) is 0.740. The lowest BCUT2D eigenvalue weighted by Crippen LogP contribution is -2.53. The highest BCUT2D eigenvalue weighted by atomic mass is 16.5. The van der Waals surface area contributed by atoms with Crippen LogP contribution < -0.4 is 0 Å². The van der Waals surface area contributed by atoms with E-state index in [1.807, 2.05) is 32.6 Å². The predicted molar refractivity (Wildman–Crippen MR) is 69.1 cm³/mol. The van der Waals surface area contributed by atoms with Crippen molar-refractivity contribution < 1.29 is 14.3 Å². The Labute approximate surface area is 109 Å². The summed E-state index contributed by atoms with van der Waals surface area (Å²) in [6, 6.07) is 0. The Morgan fingerprint density at radius 1 is 1.06 bits per heavy atom. The summed E-state index contributed by atoms with van der Waals surface area (Å²) in [7, 11) is 0. The van der Waals surface area contributed by atoms with Crippen LogP contribution >= 0.6 is 0 Å². The van der Waals surface area contributed by atoms with E-state index in [1.54, 1.807) is 4.90 Å². The van der Waals surface area contributed by atoms with Gasteiger partial charge in [0.15, 0.2) is 0 Å². The normalized spacial score (nSPS) is 16.9. The van der Waals surface area contributed by atoms with E-state index in [2.05, 4.69) is 0 Å². The Kier molecular flexibility index (Phi) is 5.14. The van der Waals surface area contributed by atoms with Gasteiger partial charge in [-0.1, -0.05) is 20.8 Å². The maximum absolute atomic E-state index is 12.1. The van der Waals surface area contributed by atoms with E-state index < -0.39 is 0 Å². The zero-order valence-electron chi connectivity index (χ0n) is 11.9. The molecule has 0 atom stereocenters. The van der Waals surface area contributed by atoms with Crippen molar-refractivity contribution in [2.45, 2.75) is 27.7 Å². The third-order valence-corrected chi connectivity index (χ3v) is 2.99. The summed E-state index contributed by atoms with van der Waals surface area (Å²) >= 11 is 0. The summed E-state index contributed by atoms with van der Waals surface area (Å²) < 4.78 is 5.11. The molecule has 0 aliphatic carbocycles. The maximum atomic E-state index is 12.1. The van der Waals surface area contributed by atoms with Gasteiger partial charge in [-0.2, -0.15) is 0 Å². The van der Waals surface area contributed by atoms with Crippen LogP contribution in [-0.2, 0) is 14.3 Å². The Bertz CT molecular complexity index is 302. The summed E-state index contributed by atoms with van der Waals surface area (Å²) in [5.74, 6) is 0.166. The van der Waals surface area contributed by atoms with Crippen molar-refractivity contribution in [3.05, 3.63) is 0 Å². The van der Waals surface area contributed by atoms with Crippen LogP contribution in [0.3, 0.4) is 0 Å². The molecule has 5 heteroatoms. The average molecular weight is 256 g/mol. The number of hydrogen-bond acceptors (Lipinski definition) is 3. The first-order chi connectivity index (χ1) is 8.36. The van der Waals surface area contributed by atoms with Gasteiger partial charge in [0.25, 0.3) is 0 Å². The number of ether oxygens (including phenoxy) is 1. The molecule has 1 saturated heterocycles. The van der Waals surface area contributed by atoms with Crippen LogP contribution in [0.1, 0.15) is 27.7 Å². The fourth-order valence-corrected chi connectivity index (χ4v) is 1.91. The van der Waals surface area contributed by atoms with Crippen molar-refractivity contribution in [2.24, 2.45) is 5.41 Å². The SMILES string of the molecule is CCOCC(=O)N1CCN(C(=O)C(C)(C)C)CC1. The zero-order chi connectivity index (χ0) is 13.8. The fraction of sp³-hybridized carbons (Fsp3) is 0.846. The van der Waals surface area contributed by atoms with E-state index in [9.17, 15) is 9.59 Å². The lowest BCUT2D eigenvalue weighted by Gasteiger charge is -2.37. The molecule has 0 bridgehead atoms. The van der Waals surface area contributed by atoms with Gasteiger partial charge in [0, 0.05) is 38.2 Å². The molecule has 1 heterocycles. The minimum Gasteiger partial charge on any atom is -0.372 e. The highest BCUT2D eigenvalue weighted by molar-refractivity contribution is 5.82.